The summed E-state index contributed by atoms with van der Waals surface area (Å²) in [5, 5.41) is 0. The van der Waals surface area contributed by atoms with E-state index in [2.05, 4.69) is 0 Å². The summed E-state index contributed by atoms with van der Waals surface area (Å²) < 4.78 is 6.01. The predicted octanol–water partition coefficient (Wildman–Crippen LogP) is 4.08. The minimum Gasteiger partial charge on any atom is -0.457 e. The number of hydrogen-bond acceptors (Lipinski definition) is 2. The van der Waals surface area contributed by atoms with Crippen LogP contribution in [0.25, 0.3) is 11.1 Å². The minimum absolute atomic E-state index is 0.370. The average molecular weight is 301 g/mol. The van der Waals surface area contributed by atoms with Crippen molar-refractivity contribution in [1.29, 1.82) is 0 Å². The summed E-state index contributed by atoms with van der Waals surface area (Å²) in [6.45, 7) is 0. The molecule has 112 valence electrons. The van der Waals surface area contributed by atoms with Gasteiger partial charge in [0, 0.05) is 11.1 Å². The summed E-state index contributed by atoms with van der Waals surface area (Å²) >= 11 is 0. The third kappa shape index (κ3) is 2.18. The van der Waals surface area contributed by atoms with Gasteiger partial charge in [0.15, 0.2) is 0 Å². The van der Waals surface area contributed by atoms with Crippen molar-refractivity contribution in [2.75, 3.05) is 0 Å². The van der Waals surface area contributed by atoms with E-state index in [0.29, 0.717) is 11.5 Å². The van der Waals surface area contributed by atoms with Crippen LogP contribution in [0.2, 0.25) is 0 Å². The molecule has 1 atom stereocenters. The zero-order valence-corrected chi connectivity index (χ0v) is 12.4. The second-order valence-corrected chi connectivity index (χ2v) is 5.56. The maximum atomic E-state index is 12.2. The van der Waals surface area contributed by atoms with E-state index < -0.39 is 5.92 Å². The highest BCUT2D eigenvalue weighted by molar-refractivity contribution is 5.91. The van der Waals surface area contributed by atoms with Crippen molar-refractivity contribution in [3.05, 3.63) is 83.9 Å². The van der Waals surface area contributed by atoms with E-state index in [-0.39, 0.29) is 5.91 Å². The minimum atomic E-state index is -0.508. The Bertz CT molecular complexity index is 887. The van der Waals surface area contributed by atoms with Gasteiger partial charge in [0.25, 0.3) is 0 Å². The highest BCUT2D eigenvalue weighted by Crippen LogP contribution is 2.47. The molecule has 0 radical (unpaired) electrons. The molecule has 23 heavy (non-hydrogen) atoms. The zero-order valence-electron chi connectivity index (χ0n) is 12.4. The molecule has 2 N–H and O–H groups in total. The summed E-state index contributed by atoms with van der Waals surface area (Å²) in [5.41, 5.74) is 9.42. The largest absolute Gasteiger partial charge is 0.457 e. The molecule has 0 fully saturated rings. The van der Waals surface area contributed by atoms with Crippen LogP contribution in [0.3, 0.4) is 0 Å². The molecule has 1 aliphatic rings. The number of fused-ring (bicyclic) bond motifs is 2. The van der Waals surface area contributed by atoms with Gasteiger partial charge in [0.05, 0.1) is 5.92 Å². The van der Waals surface area contributed by atoms with Crippen molar-refractivity contribution < 1.29 is 9.53 Å². The van der Waals surface area contributed by atoms with Gasteiger partial charge in [-0.25, -0.2) is 0 Å². The number of rotatable bonds is 2. The van der Waals surface area contributed by atoms with E-state index in [4.69, 9.17) is 10.5 Å². The molecular weight excluding hydrogens is 286 g/mol. The quantitative estimate of drug-likeness (QED) is 0.775. The molecule has 1 aliphatic heterocycles. The van der Waals surface area contributed by atoms with Crippen molar-refractivity contribution in [2.24, 2.45) is 5.73 Å². The predicted molar refractivity (Wildman–Crippen MR) is 89.4 cm³/mol. The Labute approximate surface area is 134 Å². The molecule has 0 saturated carbocycles. The fourth-order valence-corrected chi connectivity index (χ4v) is 3.18. The molecule has 0 spiro atoms. The number of ether oxygens (including phenoxy) is 1. The molecule has 3 aromatic rings. The van der Waals surface area contributed by atoms with Crippen molar-refractivity contribution in [2.45, 2.75) is 5.92 Å². The van der Waals surface area contributed by atoms with E-state index in [1.54, 1.807) is 0 Å². The Balaban J connectivity index is 1.99. The highest BCUT2D eigenvalue weighted by Gasteiger charge is 2.33. The average Bonchev–Trinajstić information content (AvgIpc) is 2.59. The number of carbonyl (C=O) groups excluding carboxylic acids is 1. The van der Waals surface area contributed by atoms with Crippen LogP contribution in [0.5, 0.6) is 11.5 Å². The summed E-state index contributed by atoms with van der Waals surface area (Å²) in [6.07, 6.45) is 0. The van der Waals surface area contributed by atoms with Gasteiger partial charge in [0.2, 0.25) is 5.91 Å². The molecule has 3 nitrogen and oxygen atoms in total. The van der Waals surface area contributed by atoms with Crippen molar-refractivity contribution in [1.82, 2.24) is 0 Å². The topological polar surface area (TPSA) is 52.3 Å². The number of carbonyl (C=O) groups is 1. The maximum Gasteiger partial charge on any atom is 0.229 e. The first kappa shape index (κ1) is 13.6. The lowest BCUT2D eigenvalue weighted by molar-refractivity contribution is -0.118. The molecular formula is C20H15NO2. The number of amides is 1. The van der Waals surface area contributed by atoms with Crippen molar-refractivity contribution >= 4 is 5.91 Å². The van der Waals surface area contributed by atoms with Gasteiger partial charge in [0.1, 0.15) is 11.5 Å². The first-order valence-corrected chi connectivity index (χ1v) is 7.50. The fraction of sp³-hybridized carbons (Fsp3) is 0.0500. The first-order valence-electron chi connectivity index (χ1n) is 7.50. The molecule has 4 rings (SSSR count). The van der Waals surface area contributed by atoms with Gasteiger partial charge >= 0.3 is 0 Å². The van der Waals surface area contributed by atoms with Crippen molar-refractivity contribution in [3.8, 4) is 22.6 Å². The van der Waals surface area contributed by atoms with Crippen LogP contribution >= 0.6 is 0 Å². The Morgan fingerprint density at radius 1 is 0.826 bits per heavy atom. The van der Waals surface area contributed by atoms with Crippen molar-refractivity contribution in [3.63, 3.8) is 0 Å². The number of nitrogens with two attached hydrogens (primary N) is 1. The van der Waals surface area contributed by atoms with E-state index in [1.165, 1.54) is 0 Å². The molecule has 3 aromatic carbocycles. The van der Waals surface area contributed by atoms with E-state index in [9.17, 15) is 4.79 Å². The van der Waals surface area contributed by atoms with E-state index in [0.717, 1.165) is 22.3 Å². The van der Waals surface area contributed by atoms with E-state index >= 15 is 0 Å². The lowest BCUT2D eigenvalue weighted by atomic mass is 9.83. The fourth-order valence-electron chi connectivity index (χ4n) is 3.18. The molecule has 3 heteroatoms. The van der Waals surface area contributed by atoms with Gasteiger partial charge in [-0.15, -0.1) is 0 Å². The summed E-state index contributed by atoms with van der Waals surface area (Å²) in [5.74, 6) is 0.500. The first-order chi connectivity index (χ1) is 11.3. The van der Waals surface area contributed by atoms with Crippen LogP contribution in [0.1, 0.15) is 17.0 Å². The van der Waals surface area contributed by atoms with Gasteiger partial charge < -0.3 is 10.5 Å². The number of primary amides is 1. The van der Waals surface area contributed by atoms with Crippen LogP contribution in [-0.2, 0) is 4.79 Å². The number of para-hydroxylation sites is 1. The van der Waals surface area contributed by atoms with Gasteiger partial charge in [-0.2, -0.15) is 0 Å². The van der Waals surface area contributed by atoms with Crippen LogP contribution < -0.4 is 10.5 Å². The standard InChI is InChI=1S/C20H15NO2/c21-20(22)19-15-9-4-5-11-16(15)23-17-12-6-10-14(18(17)19)13-7-2-1-3-8-13/h1-12,19H,(H2,21,22). The molecule has 1 amide bonds. The normalized spacial score (nSPS) is 15.2. The molecule has 0 aromatic heterocycles. The zero-order chi connectivity index (χ0) is 15.8. The second kappa shape index (κ2) is 5.29. The smallest absolute Gasteiger partial charge is 0.229 e. The third-order valence-electron chi connectivity index (χ3n) is 4.17. The lowest BCUT2D eigenvalue weighted by Crippen LogP contribution is -2.26. The van der Waals surface area contributed by atoms with Crippen LogP contribution in [-0.4, -0.2) is 5.91 Å². The Morgan fingerprint density at radius 3 is 2.30 bits per heavy atom. The molecule has 0 bridgehead atoms. The Kier molecular flexibility index (Phi) is 3.12. The molecule has 0 aliphatic carbocycles. The van der Waals surface area contributed by atoms with E-state index in [1.807, 2.05) is 72.8 Å². The number of benzene rings is 3. The second-order valence-electron chi connectivity index (χ2n) is 5.56. The Hall–Kier alpha value is -3.07. The summed E-state index contributed by atoms with van der Waals surface area (Å²) in [7, 11) is 0. The summed E-state index contributed by atoms with van der Waals surface area (Å²) in [4.78, 5) is 12.2. The van der Waals surface area contributed by atoms with Crippen LogP contribution in [0.15, 0.2) is 72.8 Å². The maximum absolute atomic E-state index is 12.2. The summed E-state index contributed by atoms with van der Waals surface area (Å²) in [6, 6.07) is 23.3. The van der Waals surface area contributed by atoms with Crippen LogP contribution in [0, 0.1) is 0 Å². The highest BCUT2D eigenvalue weighted by atomic mass is 16.5. The Morgan fingerprint density at radius 2 is 1.52 bits per heavy atom. The number of hydrogen-bond donors (Lipinski definition) is 1. The lowest BCUT2D eigenvalue weighted by Gasteiger charge is -2.28. The monoisotopic (exact) mass is 301 g/mol. The molecule has 1 unspecified atom stereocenters. The third-order valence-corrected chi connectivity index (χ3v) is 4.17. The van der Waals surface area contributed by atoms with Gasteiger partial charge in [-0.1, -0.05) is 60.7 Å². The molecule has 0 saturated heterocycles. The van der Waals surface area contributed by atoms with Gasteiger partial charge in [-0.3, -0.25) is 4.79 Å². The van der Waals surface area contributed by atoms with Crippen LogP contribution in [0.4, 0.5) is 0 Å². The molecule has 1 heterocycles. The van der Waals surface area contributed by atoms with Gasteiger partial charge in [-0.05, 0) is 23.3 Å². The SMILES string of the molecule is NC(=O)C1c2ccccc2Oc2cccc(-c3ccccc3)c21.